The third kappa shape index (κ3) is 4.22. The zero-order valence-electron chi connectivity index (χ0n) is 14.3. The molecule has 6 nitrogen and oxygen atoms in total. The molecule has 138 valence electrons. The predicted molar refractivity (Wildman–Crippen MR) is 97.9 cm³/mol. The molecule has 1 aliphatic rings. The predicted octanol–water partition coefficient (Wildman–Crippen LogP) is 4.27. The summed E-state index contributed by atoms with van der Waals surface area (Å²) in [6, 6.07) is 6.58. The van der Waals surface area contributed by atoms with Gasteiger partial charge in [-0.15, -0.1) is 0 Å². The van der Waals surface area contributed by atoms with Crippen LogP contribution in [0.2, 0.25) is 5.02 Å². The van der Waals surface area contributed by atoms with Gasteiger partial charge in [-0.1, -0.05) is 17.7 Å². The maximum atomic E-state index is 13.4. The highest BCUT2D eigenvalue weighted by Gasteiger charge is 2.26. The number of pyridine rings is 2. The molecule has 0 radical (unpaired) electrons. The van der Waals surface area contributed by atoms with Crippen molar-refractivity contribution in [2.24, 2.45) is 0 Å². The van der Waals surface area contributed by atoms with Gasteiger partial charge < -0.3 is 15.3 Å². The molecule has 0 unspecified atom stereocenters. The highest BCUT2D eigenvalue weighted by atomic mass is 35.5. The Morgan fingerprint density at radius 2 is 2.08 bits per heavy atom. The molecule has 2 aromatic rings. The van der Waals surface area contributed by atoms with Gasteiger partial charge >= 0.3 is 6.09 Å². The zero-order valence-corrected chi connectivity index (χ0v) is 15.1. The number of amides is 1. The molecule has 2 heterocycles. The van der Waals surface area contributed by atoms with E-state index >= 15 is 0 Å². The van der Waals surface area contributed by atoms with Gasteiger partial charge in [0.2, 0.25) is 5.95 Å². The highest BCUT2D eigenvalue weighted by Crippen LogP contribution is 2.30. The van der Waals surface area contributed by atoms with E-state index in [1.165, 1.54) is 17.2 Å². The van der Waals surface area contributed by atoms with Crippen LogP contribution in [-0.2, 0) is 0 Å². The summed E-state index contributed by atoms with van der Waals surface area (Å²) in [5, 5.41) is 12.8. The van der Waals surface area contributed by atoms with Gasteiger partial charge in [0.05, 0.1) is 10.7 Å². The summed E-state index contributed by atoms with van der Waals surface area (Å²) in [7, 11) is 1.61. The van der Waals surface area contributed by atoms with Crippen LogP contribution in [0.25, 0.3) is 11.3 Å². The van der Waals surface area contributed by atoms with Crippen LogP contribution >= 0.6 is 11.6 Å². The molecule has 0 aliphatic heterocycles. The number of rotatable bonds is 4. The third-order valence-corrected chi connectivity index (χ3v) is 5.05. The molecule has 8 heteroatoms. The first-order valence-corrected chi connectivity index (χ1v) is 8.82. The van der Waals surface area contributed by atoms with Gasteiger partial charge in [0.25, 0.3) is 0 Å². The number of aromatic nitrogens is 2. The summed E-state index contributed by atoms with van der Waals surface area (Å²) < 4.78 is 13.4. The molecule has 0 saturated heterocycles. The fraction of sp³-hybridized carbons (Fsp3) is 0.389. The Morgan fingerprint density at radius 3 is 2.73 bits per heavy atom. The molecule has 26 heavy (non-hydrogen) atoms. The average Bonchev–Trinajstić information content (AvgIpc) is 2.63. The van der Waals surface area contributed by atoms with Crippen molar-refractivity contribution in [1.29, 1.82) is 0 Å². The van der Waals surface area contributed by atoms with E-state index in [1.807, 2.05) is 0 Å². The first-order chi connectivity index (χ1) is 12.4. The van der Waals surface area contributed by atoms with Crippen molar-refractivity contribution < 1.29 is 14.3 Å². The smallest absolute Gasteiger partial charge is 0.407 e. The Hall–Kier alpha value is -2.41. The van der Waals surface area contributed by atoms with Crippen molar-refractivity contribution in [2.45, 2.75) is 37.8 Å². The Morgan fingerprint density at radius 1 is 1.35 bits per heavy atom. The normalized spacial score (nSPS) is 19.8. The van der Waals surface area contributed by atoms with E-state index in [0.29, 0.717) is 22.1 Å². The van der Waals surface area contributed by atoms with Crippen LogP contribution in [0.3, 0.4) is 0 Å². The van der Waals surface area contributed by atoms with Gasteiger partial charge in [-0.2, -0.15) is 4.39 Å². The Balaban J connectivity index is 1.68. The highest BCUT2D eigenvalue weighted by molar-refractivity contribution is 6.33. The minimum Gasteiger partial charge on any atom is -0.465 e. The Labute approximate surface area is 156 Å². The van der Waals surface area contributed by atoms with E-state index in [0.717, 1.165) is 25.7 Å². The van der Waals surface area contributed by atoms with Gasteiger partial charge in [-0.05, 0) is 43.9 Å². The van der Waals surface area contributed by atoms with Crippen LogP contribution in [0.4, 0.5) is 15.0 Å². The second-order valence-electron chi connectivity index (χ2n) is 6.44. The Kier molecular flexibility index (Phi) is 5.56. The van der Waals surface area contributed by atoms with Crippen molar-refractivity contribution in [3.63, 3.8) is 0 Å². The molecule has 3 rings (SSSR count). The zero-order chi connectivity index (χ0) is 18.7. The number of nitrogens with zero attached hydrogens (tertiary/aromatic N) is 3. The lowest BCUT2D eigenvalue weighted by molar-refractivity contribution is 0.125. The van der Waals surface area contributed by atoms with Gasteiger partial charge in [0, 0.05) is 30.9 Å². The molecule has 1 saturated carbocycles. The van der Waals surface area contributed by atoms with Crippen LogP contribution in [-0.4, -0.2) is 45.2 Å². The number of halogens is 2. The fourth-order valence-corrected chi connectivity index (χ4v) is 3.45. The molecular weight excluding hydrogens is 359 g/mol. The minimum absolute atomic E-state index is 0.0516. The van der Waals surface area contributed by atoms with Crippen LogP contribution in [0.1, 0.15) is 25.7 Å². The molecular formula is C18H20ClFN4O2. The number of hydrogen-bond acceptors (Lipinski definition) is 4. The van der Waals surface area contributed by atoms with Gasteiger partial charge in [-0.25, -0.2) is 14.8 Å². The van der Waals surface area contributed by atoms with Crippen LogP contribution in [0.15, 0.2) is 30.5 Å². The van der Waals surface area contributed by atoms with E-state index in [1.54, 1.807) is 25.2 Å². The third-order valence-electron chi connectivity index (χ3n) is 4.74. The molecule has 0 bridgehead atoms. The van der Waals surface area contributed by atoms with E-state index < -0.39 is 12.0 Å². The molecule has 0 atom stereocenters. The quantitative estimate of drug-likeness (QED) is 0.777. The van der Waals surface area contributed by atoms with E-state index in [2.05, 4.69) is 15.3 Å². The van der Waals surface area contributed by atoms with E-state index in [9.17, 15) is 9.18 Å². The van der Waals surface area contributed by atoms with Gasteiger partial charge in [-0.3, -0.25) is 0 Å². The number of anilines is 1. The molecule has 0 aromatic carbocycles. The topological polar surface area (TPSA) is 78.4 Å². The summed E-state index contributed by atoms with van der Waals surface area (Å²) in [6.45, 7) is 0. The SMILES string of the molecule is CN(C(=O)O)C1CCC(Nc2cc(-c3cccc(F)n3)c(Cl)cn2)CC1. The van der Waals surface area contributed by atoms with Crippen molar-refractivity contribution in [3.05, 3.63) is 41.4 Å². The molecule has 0 spiro atoms. The van der Waals surface area contributed by atoms with Crippen LogP contribution < -0.4 is 5.32 Å². The average molecular weight is 379 g/mol. The van der Waals surface area contributed by atoms with E-state index in [4.69, 9.17) is 16.7 Å². The summed E-state index contributed by atoms with van der Waals surface area (Å²) in [5.74, 6) is 0.0799. The number of carbonyl (C=O) groups is 1. The van der Waals surface area contributed by atoms with Crippen molar-refractivity contribution in [1.82, 2.24) is 14.9 Å². The summed E-state index contributed by atoms with van der Waals surface area (Å²) in [6.07, 6.45) is 3.92. The monoisotopic (exact) mass is 378 g/mol. The first-order valence-electron chi connectivity index (χ1n) is 8.45. The van der Waals surface area contributed by atoms with Crippen LogP contribution in [0, 0.1) is 5.95 Å². The second kappa shape index (κ2) is 7.86. The maximum absolute atomic E-state index is 13.4. The Bertz CT molecular complexity index is 797. The first kappa shape index (κ1) is 18.4. The second-order valence-corrected chi connectivity index (χ2v) is 6.85. The fourth-order valence-electron chi connectivity index (χ4n) is 3.24. The summed E-state index contributed by atoms with van der Waals surface area (Å²) in [5.41, 5.74) is 1.07. The summed E-state index contributed by atoms with van der Waals surface area (Å²) >= 11 is 6.20. The molecule has 1 aliphatic carbocycles. The maximum Gasteiger partial charge on any atom is 0.407 e. The van der Waals surface area contributed by atoms with Gasteiger partial charge in [0.15, 0.2) is 0 Å². The van der Waals surface area contributed by atoms with Crippen molar-refractivity contribution in [3.8, 4) is 11.3 Å². The molecule has 2 N–H and O–H groups in total. The number of carboxylic acid groups (broad SMARTS) is 1. The molecule has 1 fully saturated rings. The van der Waals surface area contributed by atoms with Crippen molar-refractivity contribution >= 4 is 23.5 Å². The van der Waals surface area contributed by atoms with Crippen LogP contribution in [0.5, 0.6) is 0 Å². The lowest BCUT2D eigenvalue weighted by Gasteiger charge is -2.33. The lowest BCUT2D eigenvalue weighted by atomic mass is 9.90. The summed E-state index contributed by atoms with van der Waals surface area (Å²) in [4.78, 5) is 20.6. The molecule has 1 amide bonds. The lowest BCUT2D eigenvalue weighted by Crippen LogP contribution is -2.40. The van der Waals surface area contributed by atoms with Crippen molar-refractivity contribution in [2.75, 3.05) is 12.4 Å². The van der Waals surface area contributed by atoms with E-state index in [-0.39, 0.29) is 12.1 Å². The molecule has 2 aromatic heterocycles. The van der Waals surface area contributed by atoms with Gasteiger partial charge in [0.1, 0.15) is 5.82 Å². The number of nitrogens with one attached hydrogen (secondary N) is 1. The largest absolute Gasteiger partial charge is 0.465 e. The minimum atomic E-state index is -0.895. The standard InChI is InChI=1S/C18H20ClFN4O2/c1-24(18(25)26)12-7-5-11(6-8-12)22-17-9-13(14(19)10-21-17)15-3-2-4-16(20)23-15/h2-4,9-12H,5-8H2,1H3,(H,21,22)(H,25,26). The number of hydrogen-bond donors (Lipinski definition) is 2.